The van der Waals surface area contributed by atoms with Gasteiger partial charge in [-0.1, -0.05) is 55.2 Å². The minimum absolute atomic E-state index is 0.164. The van der Waals surface area contributed by atoms with Crippen molar-refractivity contribution in [1.29, 1.82) is 0 Å². The number of hydrazone groups is 1. The van der Waals surface area contributed by atoms with Crippen LogP contribution in [0.1, 0.15) is 38.4 Å². The Kier molecular flexibility index (Phi) is 8.81. The largest absolute Gasteiger partial charge is 0.479 e. The predicted molar refractivity (Wildman–Crippen MR) is 141 cm³/mol. The van der Waals surface area contributed by atoms with Crippen molar-refractivity contribution in [3.05, 3.63) is 63.8 Å². The molecule has 3 rings (SSSR count). The molecule has 0 saturated heterocycles. The van der Waals surface area contributed by atoms with Gasteiger partial charge in [-0.3, -0.25) is 9.59 Å². The van der Waals surface area contributed by atoms with Gasteiger partial charge in [0.2, 0.25) is 0 Å². The summed E-state index contributed by atoms with van der Waals surface area (Å²) in [5.41, 5.74) is 5.61. The molecule has 0 aliphatic carbocycles. The van der Waals surface area contributed by atoms with Crippen molar-refractivity contribution < 1.29 is 14.3 Å². The molecule has 2 amide bonds. The van der Waals surface area contributed by atoms with Crippen molar-refractivity contribution in [3.63, 3.8) is 0 Å². The van der Waals surface area contributed by atoms with Gasteiger partial charge in [0.1, 0.15) is 11.8 Å². The summed E-state index contributed by atoms with van der Waals surface area (Å²) in [6.45, 7) is 7.54. The maximum atomic E-state index is 12.9. The molecule has 0 unspecified atom stereocenters. The third-order valence-electron chi connectivity index (χ3n) is 5.72. The van der Waals surface area contributed by atoms with Crippen molar-refractivity contribution in [2.75, 3.05) is 0 Å². The van der Waals surface area contributed by atoms with E-state index in [4.69, 9.17) is 27.9 Å². The molecule has 0 radical (unpaired) electrons. The molecule has 9 heteroatoms. The van der Waals surface area contributed by atoms with E-state index in [-0.39, 0.29) is 5.92 Å². The quantitative estimate of drug-likeness (QED) is 0.301. The fourth-order valence-electron chi connectivity index (χ4n) is 3.76. The molecule has 2 aromatic carbocycles. The van der Waals surface area contributed by atoms with E-state index in [0.29, 0.717) is 22.2 Å². The first kappa shape index (κ1) is 26.6. The molecule has 3 aromatic rings. The van der Waals surface area contributed by atoms with Gasteiger partial charge in [-0.25, -0.2) is 5.43 Å². The summed E-state index contributed by atoms with van der Waals surface area (Å²) < 4.78 is 7.75. The number of halogens is 2. The van der Waals surface area contributed by atoms with Crippen LogP contribution >= 0.6 is 23.2 Å². The molecule has 0 bridgehead atoms. The van der Waals surface area contributed by atoms with Crippen LogP contribution in [0.25, 0.3) is 10.9 Å². The predicted octanol–water partition coefficient (Wildman–Crippen LogP) is 5.24. The Morgan fingerprint density at radius 1 is 1.11 bits per heavy atom. The normalized spacial score (nSPS) is 13.3. The molecule has 1 heterocycles. The summed E-state index contributed by atoms with van der Waals surface area (Å²) in [5.74, 6) is -0.348. The molecular formula is C26H30Cl2N4O3. The summed E-state index contributed by atoms with van der Waals surface area (Å²) in [5, 5.41) is 8.76. The van der Waals surface area contributed by atoms with Gasteiger partial charge >= 0.3 is 0 Å². The molecule has 1 aromatic heterocycles. The van der Waals surface area contributed by atoms with Crippen LogP contribution in [0, 0.1) is 12.8 Å². The Hall–Kier alpha value is -3.03. The second-order valence-corrected chi connectivity index (χ2v) is 9.68. The fourth-order valence-corrected chi connectivity index (χ4v) is 4.21. The lowest BCUT2D eigenvalue weighted by molar-refractivity contribution is -0.132. The average Bonchev–Trinajstić information content (AvgIpc) is 3.05. The van der Waals surface area contributed by atoms with Crippen molar-refractivity contribution >= 4 is 52.1 Å². The molecule has 0 saturated carbocycles. The van der Waals surface area contributed by atoms with E-state index in [1.165, 1.54) is 6.07 Å². The zero-order chi connectivity index (χ0) is 25.7. The summed E-state index contributed by atoms with van der Waals surface area (Å²) in [6.07, 6.45) is 1.20. The smallest absolute Gasteiger partial charge is 0.262 e. The Morgan fingerprint density at radius 3 is 2.51 bits per heavy atom. The molecule has 0 spiro atoms. The number of fused-ring (bicyclic) bond motifs is 1. The third kappa shape index (κ3) is 6.55. The molecule has 0 aliphatic rings. The standard InChI is InChI=1S/C26H30Cl2N4O3/c1-15(2)12-22(30-25(33)17(4)35-24-11-10-18(27)13-21(24)28)26(34)31-29-14-20-16(3)32(5)23-9-7-6-8-19(20)23/h6-11,13-15,17,22H,12H2,1-5H3,(H,30,33)(H,31,34)/b29-14-/t17-,22+/m0/s1. The average molecular weight is 517 g/mol. The molecule has 0 aliphatic heterocycles. The highest BCUT2D eigenvalue weighted by Crippen LogP contribution is 2.28. The van der Waals surface area contributed by atoms with Crippen LogP contribution in [0.15, 0.2) is 47.6 Å². The minimum Gasteiger partial charge on any atom is -0.479 e. The van der Waals surface area contributed by atoms with E-state index in [1.807, 2.05) is 52.1 Å². The molecule has 7 nitrogen and oxygen atoms in total. The number of aromatic nitrogens is 1. The van der Waals surface area contributed by atoms with Gasteiger partial charge in [-0.2, -0.15) is 5.10 Å². The van der Waals surface area contributed by atoms with Crippen LogP contribution in [0.4, 0.5) is 0 Å². The van der Waals surface area contributed by atoms with Crippen molar-refractivity contribution in [2.24, 2.45) is 18.1 Å². The number of benzene rings is 2. The Morgan fingerprint density at radius 2 is 1.83 bits per heavy atom. The number of hydrogen-bond acceptors (Lipinski definition) is 4. The Balaban J connectivity index is 1.68. The summed E-state index contributed by atoms with van der Waals surface area (Å²) >= 11 is 12.0. The molecule has 2 atom stereocenters. The minimum atomic E-state index is -0.877. The van der Waals surface area contributed by atoms with Crippen LogP contribution in [-0.2, 0) is 16.6 Å². The SMILES string of the molecule is Cc1c(/C=N\NC(=O)[C@@H](CC(C)C)NC(=O)[C@H](C)Oc2ccc(Cl)cc2Cl)c2ccccc2n1C. The summed E-state index contributed by atoms with van der Waals surface area (Å²) in [6, 6.07) is 12.0. The zero-order valence-corrected chi connectivity index (χ0v) is 21.9. The monoisotopic (exact) mass is 516 g/mol. The highest BCUT2D eigenvalue weighted by Gasteiger charge is 2.25. The maximum Gasteiger partial charge on any atom is 0.262 e. The van der Waals surface area contributed by atoms with Gasteiger partial charge in [-0.05, 0) is 50.5 Å². The van der Waals surface area contributed by atoms with Gasteiger partial charge in [0, 0.05) is 34.2 Å². The van der Waals surface area contributed by atoms with Gasteiger partial charge in [-0.15, -0.1) is 0 Å². The summed E-state index contributed by atoms with van der Waals surface area (Å²) in [7, 11) is 1.99. The van der Waals surface area contributed by atoms with E-state index in [0.717, 1.165) is 22.2 Å². The number of amides is 2. The van der Waals surface area contributed by atoms with Crippen LogP contribution in [0.5, 0.6) is 5.75 Å². The lowest BCUT2D eigenvalue weighted by atomic mass is 10.0. The van der Waals surface area contributed by atoms with E-state index < -0.39 is 24.0 Å². The number of hydrogen-bond donors (Lipinski definition) is 2. The summed E-state index contributed by atoms with van der Waals surface area (Å²) in [4.78, 5) is 25.7. The van der Waals surface area contributed by atoms with Crippen LogP contribution in [0.3, 0.4) is 0 Å². The lowest BCUT2D eigenvalue weighted by Crippen LogP contribution is -2.49. The molecule has 2 N–H and O–H groups in total. The van der Waals surface area contributed by atoms with E-state index in [2.05, 4.69) is 20.4 Å². The highest BCUT2D eigenvalue weighted by molar-refractivity contribution is 6.35. The Labute approximate surface area is 215 Å². The number of rotatable bonds is 9. The van der Waals surface area contributed by atoms with Crippen LogP contribution in [-0.4, -0.2) is 34.7 Å². The van der Waals surface area contributed by atoms with Gasteiger partial charge in [0.15, 0.2) is 6.10 Å². The number of nitrogens with zero attached hydrogens (tertiary/aromatic N) is 2. The molecule has 186 valence electrons. The molecule has 35 heavy (non-hydrogen) atoms. The topological polar surface area (TPSA) is 84.7 Å². The lowest BCUT2D eigenvalue weighted by Gasteiger charge is -2.22. The zero-order valence-electron chi connectivity index (χ0n) is 20.4. The maximum absolute atomic E-state index is 12.9. The molecular weight excluding hydrogens is 487 g/mol. The van der Waals surface area contributed by atoms with Gasteiger partial charge in [0.25, 0.3) is 11.8 Å². The highest BCUT2D eigenvalue weighted by atomic mass is 35.5. The van der Waals surface area contributed by atoms with Gasteiger partial charge < -0.3 is 14.6 Å². The number of carbonyl (C=O) groups is 2. The van der Waals surface area contributed by atoms with E-state index in [9.17, 15) is 9.59 Å². The van der Waals surface area contributed by atoms with Crippen LogP contribution in [0.2, 0.25) is 10.0 Å². The molecule has 0 fully saturated rings. The van der Waals surface area contributed by atoms with Crippen molar-refractivity contribution in [2.45, 2.75) is 46.3 Å². The van der Waals surface area contributed by atoms with Crippen LogP contribution < -0.4 is 15.5 Å². The number of carbonyl (C=O) groups excluding carboxylic acids is 2. The first-order valence-corrected chi connectivity index (χ1v) is 12.1. The first-order valence-electron chi connectivity index (χ1n) is 11.4. The second kappa shape index (κ2) is 11.6. The Bertz CT molecular complexity index is 1250. The second-order valence-electron chi connectivity index (χ2n) is 8.84. The van der Waals surface area contributed by atoms with E-state index >= 15 is 0 Å². The number of para-hydroxylation sites is 1. The number of aryl methyl sites for hydroxylation is 1. The van der Waals surface area contributed by atoms with Gasteiger partial charge in [0.05, 0.1) is 11.2 Å². The van der Waals surface area contributed by atoms with Crippen molar-refractivity contribution in [3.8, 4) is 5.75 Å². The van der Waals surface area contributed by atoms with E-state index in [1.54, 1.807) is 25.3 Å². The third-order valence-corrected chi connectivity index (χ3v) is 6.25. The number of ether oxygens (including phenoxy) is 1. The fraction of sp³-hybridized carbons (Fsp3) is 0.346. The first-order chi connectivity index (χ1) is 16.6. The van der Waals surface area contributed by atoms with Crippen molar-refractivity contribution in [1.82, 2.24) is 15.3 Å². The number of nitrogens with one attached hydrogen (secondary N) is 2.